The first-order valence-corrected chi connectivity index (χ1v) is 17.9. The van der Waals surface area contributed by atoms with Crippen molar-refractivity contribution in [3.63, 3.8) is 0 Å². The lowest BCUT2D eigenvalue weighted by Crippen LogP contribution is -2.43. The first-order valence-electron chi connectivity index (χ1n) is 17.9. The fraction of sp³-hybridized carbons (Fsp3) is 0.250. The van der Waals surface area contributed by atoms with Crippen molar-refractivity contribution >= 4 is 17.1 Å². The number of fused-ring (bicyclic) bond motifs is 9. The Hall–Kier alpha value is -4.88. The SMILES string of the molecule is CC1(C)c2ccccc2-c2ccc(N(c3ccccc3)c3ccc4c(c3)C(C)(C)c3cc5c(cc3-4)-c3ccccc3C(C)(C)C5(C)C)cc21. The third-order valence-corrected chi connectivity index (χ3v) is 13.0. The van der Waals surface area contributed by atoms with Crippen LogP contribution in [0.5, 0.6) is 0 Å². The minimum absolute atomic E-state index is 0.00950. The predicted molar refractivity (Wildman–Crippen MR) is 208 cm³/mol. The van der Waals surface area contributed by atoms with Crippen molar-refractivity contribution in [2.45, 2.75) is 77.0 Å². The van der Waals surface area contributed by atoms with Gasteiger partial charge in [0.25, 0.3) is 0 Å². The lowest BCUT2D eigenvalue weighted by molar-refractivity contribution is 0.298. The Labute approximate surface area is 292 Å². The first kappa shape index (κ1) is 30.2. The van der Waals surface area contributed by atoms with E-state index < -0.39 is 0 Å². The van der Waals surface area contributed by atoms with E-state index in [1.165, 1.54) is 83.8 Å². The number of hydrogen-bond donors (Lipinski definition) is 0. The van der Waals surface area contributed by atoms with Gasteiger partial charge in [-0.05, 0) is 120 Å². The Morgan fingerprint density at radius 2 is 0.735 bits per heavy atom. The van der Waals surface area contributed by atoms with Gasteiger partial charge in [0.15, 0.2) is 0 Å². The zero-order valence-electron chi connectivity index (χ0n) is 30.1. The number of para-hydroxylation sites is 1. The fourth-order valence-electron chi connectivity index (χ4n) is 9.44. The summed E-state index contributed by atoms with van der Waals surface area (Å²) in [6.07, 6.45) is 0. The number of nitrogens with zero attached hydrogens (tertiary/aromatic N) is 1. The van der Waals surface area contributed by atoms with Gasteiger partial charge in [0.1, 0.15) is 0 Å². The summed E-state index contributed by atoms with van der Waals surface area (Å²) >= 11 is 0. The Kier molecular flexibility index (Phi) is 6.07. The standard InChI is InChI=1S/C48H45N/c1-45(2)39-20-14-12-18-33(39)35-24-22-31(26-41(35)45)49(30-16-10-9-11-17-30)32-23-25-36-37-28-38-34-19-13-15-21-40(34)47(5,6)48(7,8)44(38)29-43(37)46(3,4)42(36)27-32/h9-29H,1-8H3. The molecule has 0 amide bonds. The number of hydrogen-bond acceptors (Lipinski definition) is 1. The van der Waals surface area contributed by atoms with Gasteiger partial charge in [0.2, 0.25) is 0 Å². The van der Waals surface area contributed by atoms with Crippen LogP contribution in [0.3, 0.4) is 0 Å². The van der Waals surface area contributed by atoms with Crippen molar-refractivity contribution in [3.05, 3.63) is 161 Å². The summed E-state index contributed by atoms with van der Waals surface area (Å²) in [6.45, 7) is 19.3. The zero-order valence-corrected chi connectivity index (χ0v) is 30.1. The Bertz CT molecular complexity index is 2330. The molecule has 0 N–H and O–H groups in total. The Morgan fingerprint density at radius 3 is 1.37 bits per heavy atom. The summed E-state index contributed by atoms with van der Waals surface area (Å²) < 4.78 is 0. The van der Waals surface area contributed by atoms with Crippen molar-refractivity contribution in [2.24, 2.45) is 0 Å². The van der Waals surface area contributed by atoms with Crippen LogP contribution in [0.1, 0.15) is 88.8 Å². The van der Waals surface area contributed by atoms with Crippen molar-refractivity contribution in [1.82, 2.24) is 0 Å². The van der Waals surface area contributed by atoms with Crippen LogP contribution in [0.4, 0.5) is 17.1 Å². The van der Waals surface area contributed by atoms with Crippen LogP contribution < -0.4 is 4.90 Å². The molecule has 0 spiro atoms. The molecule has 3 aliphatic carbocycles. The molecule has 0 aliphatic heterocycles. The Morgan fingerprint density at radius 1 is 0.306 bits per heavy atom. The maximum absolute atomic E-state index is 2.57. The molecule has 0 heterocycles. The minimum Gasteiger partial charge on any atom is -0.310 e. The van der Waals surface area contributed by atoms with Gasteiger partial charge in [-0.3, -0.25) is 0 Å². The second-order valence-corrected chi connectivity index (χ2v) is 16.7. The van der Waals surface area contributed by atoms with E-state index in [4.69, 9.17) is 0 Å². The molecule has 242 valence electrons. The van der Waals surface area contributed by atoms with Gasteiger partial charge in [0.05, 0.1) is 0 Å². The van der Waals surface area contributed by atoms with E-state index in [1.807, 2.05) is 0 Å². The van der Waals surface area contributed by atoms with Gasteiger partial charge in [-0.1, -0.05) is 140 Å². The number of anilines is 3. The van der Waals surface area contributed by atoms with E-state index >= 15 is 0 Å². The molecule has 6 aromatic rings. The summed E-state index contributed by atoms with van der Waals surface area (Å²) in [5.74, 6) is 0. The van der Waals surface area contributed by atoms with Crippen molar-refractivity contribution < 1.29 is 0 Å². The number of benzene rings is 6. The zero-order chi connectivity index (χ0) is 34.1. The van der Waals surface area contributed by atoms with Gasteiger partial charge in [-0.15, -0.1) is 0 Å². The van der Waals surface area contributed by atoms with Crippen molar-refractivity contribution in [2.75, 3.05) is 4.90 Å². The molecular weight excluding hydrogens is 591 g/mol. The summed E-state index contributed by atoms with van der Waals surface area (Å²) in [4.78, 5) is 2.45. The highest BCUT2D eigenvalue weighted by molar-refractivity contribution is 5.91. The van der Waals surface area contributed by atoms with Crippen LogP contribution in [-0.4, -0.2) is 0 Å². The highest BCUT2D eigenvalue weighted by atomic mass is 15.1. The third kappa shape index (κ3) is 3.93. The lowest BCUT2D eigenvalue weighted by atomic mass is 9.55. The molecule has 0 aromatic heterocycles. The van der Waals surface area contributed by atoms with E-state index in [0.717, 1.165) is 0 Å². The molecule has 0 bridgehead atoms. The van der Waals surface area contributed by atoms with Crippen LogP contribution in [0.25, 0.3) is 33.4 Å². The summed E-state index contributed by atoms with van der Waals surface area (Å²) in [6, 6.07) is 48.2. The molecule has 3 aliphatic rings. The molecule has 9 rings (SSSR count). The second kappa shape index (κ2) is 9.85. The third-order valence-electron chi connectivity index (χ3n) is 13.0. The average Bonchev–Trinajstić information content (AvgIpc) is 3.46. The summed E-state index contributed by atoms with van der Waals surface area (Å²) in [5.41, 5.74) is 20.0. The van der Waals surface area contributed by atoms with Crippen LogP contribution in [0.15, 0.2) is 127 Å². The summed E-state index contributed by atoms with van der Waals surface area (Å²) in [5, 5.41) is 0. The second-order valence-electron chi connectivity index (χ2n) is 16.7. The first-order chi connectivity index (χ1) is 23.3. The predicted octanol–water partition coefficient (Wildman–Crippen LogP) is 13.0. The van der Waals surface area contributed by atoms with Crippen molar-refractivity contribution in [3.8, 4) is 33.4 Å². The largest absolute Gasteiger partial charge is 0.310 e. The quantitative estimate of drug-likeness (QED) is 0.187. The van der Waals surface area contributed by atoms with E-state index in [0.29, 0.717) is 0 Å². The monoisotopic (exact) mass is 635 g/mol. The van der Waals surface area contributed by atoms with Gasteiger partial charge in [0, 0.05) is 27.9 Å². The van der Waals surface area contributed by atoms with Crippen molar-refractivity contribution in [1.29, 1.82) is 0 Å². The van der Waals surface area contributed by atoms with E-state index in [-0.39, 0.29) is 21.7 Å². The van der Waals surface area contributed by atoms with Crippen LogP contribution >= 0.6 is 0 Å². The molecule has 1 nitrogen and oxygen atoms in total. The van der Waals surface area contributed by atoms with Crippen LogP contribution in [-0.2, 0) is 21.7 Å². The minimum atomic E-state index is -0.142. The van der Waals surface area contributed by atoms with E-state index in [9.17, 15) is 0 Å². The van der Waals surface area contributed by atoms with Gasteiger partial charge < -0.3 is 4.90 Å². The molecule has 1 heteroatoms. The molecule has 6 aromatic carbocycles. The molecule has 0 saturated heterocycles. The highest BCUT2D eigenvalue weighted by Gasteiger charge is 2.48. The maximum Gasteiger partial charge on any atom is 0.0465 e. The molecule has 0 atom stereocenters. The van der Waals surface area contributed by atoms with E-state index in [1.54, 1.807) is 0 Å². The van der Waals surface area contributed by atoms with Crippen LogP contribution in [0, 0.1) is 0 Å². The summed E-state index contributed by atoms with van der Waals surface area (Å²) in [7, 11) is 0. The number of rotatable bonds is 3. The molecule has 0 radical (unpaired) electrons. The topological polar surface area (TPSA) is 3.24 Å². The maximum atomic E-state index is 2.57. The molecule has 0 fully saturated rings. The molecule has 0 unspecified atom stereocenters. The van der Waals surface area contributed by atoms with Gasteiger partial charge in [-0.25, -0.2) is 0 Å². The van der Waals surface area contributed by atoms with Gasteiger partial charge >= 0.3 is 0 Å². The Balaban J connectivity index is 1.21. The molecule has 49 heavy (non-hydrogen) atoms. The normalized spacial score (nSPS) is 17.6. The highest BCUT2D eigenvalue weighted by Crippen LogP contribution is 2.59. The fourth-order valence-corrected chi connectivity index (χ4v) is 9.44. The average molecular weight is 636 g/mol. The molecular formula is C48H45N. The molecule has 0 saturated carbocycles. The lowest BCUT2D eigenvalue weighted by Gasteiger charge is -2.48. The van der Waals surface area contributed by atoms with E-state index in [2.05, 4.69) is 188 Å². The van der Waals surface area contributed by atoms with Crippen LogP contribution in [0.2, 0.25) is 0 Å². The smallest absolute Gasteiger partial charge is 0.0465 e. The van der Waals surface area contributed by atoms with Gasteiger partial charge in [-0.2, -0.15) is 0 Å².